The number of sulfonamides is 1. The van der Waals surface area contributed by atoms with E-state index in [9.17, 15) is 17.6 Å². The topological polar surface area (TPSA) is 84.5 Å². The van der Waals surface area contributed by atoms with Crippen LogP contribution in [0.5, 0.6) is 5.75 Å². The minimum atomic E-state index is -3.52. The second-order valence-electron chi connectivity index (χ2n) is 7.26. The number of carbonyl (C=O) groups is 1. The maximum absolute atomic E-state index is 14.6. The molecule has 2 aromatic rings. The number of amides is 1. The number of nitrogens with one attached hydrogen (secondary N) is 2. The summed E-state index contributed by atoms with van der Waals surface area (Å²) in [6.45, 7) is 3.57. The Morgan fingerprint density at radius 1 is 1.31 bits per heavy atom. The van der Waals surface area contributed by atoms with Crippen LogP contribution >= 0.6 is 11.6 Å². The fourth-order valence-corrected chi connectivity index (χ4v) is 4.10. The molecule has 1 amide bonds. The monoisotopic (exact) mass is 440 g/mol. The van der Waals surface area contributed by atoms with E-state index in [0.717, 1.165) is 17.9 Å². The quantitative estimate of drug-likeness (QED) is 0.744. The summed E-state index contributed by atoms with van der Waals surface area (Å²) in [7, 11) is -3.52. The molecule has 1 aliphatic rings. The molecule has 0 spiro atoms. The number of rotatable bonds is 5. The van der Waals surface area contributed by atoms with Crippen molar-refractivity contribution in [3.05, 3.63) is 57.9 Å². The summed E-state index contributed by atoms with van der Waals surface area (Å²) >= 11 is 6.01. The Bertz CT molecular complexity index is 1060. The van der Waals surface area contributed by atoms with Gasteiger partial charge in [0.05, 0.1) is 23.9 Å². The van der Waals surface area contributed by atoms with Crippen molar-refractivity contribution in [2.45, 2.75) is 26.3 Å². The Balaban J connectivity index is 1.72. The van der Waals surface area contributed by atoms with Gasteiger partial charge in [0, 0.05) is 10.6 Å². The number of halogens is 2. The number of aryl methyl sites for hydroxylation is 1. The van der Waals surface area contributed by atoms with Gasteiger partial charge in [-0.05, 0) is 61.7 Å². The van der Waals surface area contributed by atoms with E-state index in [1.165, 1.54) is 6.07 Å². The lowest BCUT2D eigenvalue weighted by molar-refractivity contribution is -0.126. The Kier molecular flexibility index (Phi) is 6.05. The van der Waals surface area contributed by atoms with Crippen LogP contribution in [0.15, 0.2) is 30.3 Å². The first-order valence-electron chi connectivity index (χ1n) is 9.03. The van der Waals surface area contributed by atoms with Crippen LogP contribution in [0.2, 0.25) is 5.02 Å². The van der Waals surface area contributed by atoms with Crippen LogP contribution in [0.1, 0.15) is 29.7 Å². The summed E-state index contributed by atoms with van der Waals surface area (Å²) in [5.41, 5.74) is 1.85. The van der Waals surface area contributed by atoms with Crippen molar-refractivity contribution in [2.75, 3.05) is 17.6 Å². The van der Waals surface area contributed by atoms with Gasteiger partial charge < -0.3 is 10.1 Å². The Morgan fingerprint density at radius 3 is 2.72 bits per heavy atom. The van der Waals surface area contributed by atoms with E-state index >= 15 is 0 Å². The van der Waals surface area contributed by atoms with Gasteiger partial charge in [-0.15, -0.1) is 0 Å². The van der Waals surface area contributed by atoms with E-state index in [0.29, 0.717) is 22.8 Å². The Hall–Kier alpha value is -2.32. The number of hydrogen-bond acceptors (Lipinski definition) is 4. The molecule has 0 saturated heterocycles. The van der Waals surface area contributed by atoms with E-state index in [2.05, 4.69) is 10.0 Å². The van der Waals surface area contributed by atoms with Crippen LogP contribution in [-0.4, -0.2) is 27.2 Å². The third-order valence-corrected chi connectivity index (χ3v) is 5.59. The second kappa shape index (κ2) is 8.20. The molecule has 9 heteroatoms. The van der Waals surface area contributed by atoms with Gasteiger partial charge in [-0.1, -0.05) is 11.6 Å². The first kappa shape index (κ1) is 21.4. The van der Waals surface area contributed by atoms with Gasteiger partial charge in [-0.25, -0.2) is 12.8 Å². The molecular weight excluding hydrogens is 419 g/mol. The van der Waals surface area contributed by atoms with Crippen LogP contribution in [0.25, 0.3) is 0 Å². The SMILES string of the molecule is Cc1cc(C(C)NC(=O)C2COc3ccc(Cl)cc3C2)c(F)cc1NS(C)(=O)=O. The number of carbonyl (C=O) groups excluding carboxylic acids is 1. The molecule has 2 N–H and O–H groups in total. The molecule has 0 aliphatic carbocycles. The summed E-state index contributed by atoms with van der Waals surface area (Å²) in [5.74, 6) is -0.564. The maximum atomic E-state index is 14.6. The predicted molar refractivity (Wildman–Crippen MR) is 110 cm³/mol. The van der Waals surface area contributed by atoms with Gasteiger partial charge in [0.25, 0.3) is 0 Å². The molecule has 1 aliphatic heterocycles. The minimum absolute atomic E-state index is 0.168. The van der Waals surface area contributed by atoms with Crippen molar-refractivity contribution in [2.24, 2.45) is 5.92 Å². The third-order valence-electron chi connectivity index (χ3n) is 4.76. The number of benzene rings is 2. The number of ether oxygens (including phenoxy) is 1. The molecule has 2 atom stereocenters. The highest BCUT2D eigenvalue weighted by Gasteiger charge is 2.28. The molecule has 6 nitrogen and oxygen atoms in total. The van der Waals surface area contributed by atoms with Gasteiger partial charge in [-0.3, -0.25) is 9.52 Å². The van der Waals surface area contributed by atoms with E-state index in [1.807, 2.05) is 0 Å². The molecule has 1 heterocycles. The van der Waals surface area contributed by atoms with Gasteiger partial charge in [0.2, 0.25) is 15.9 Å². The van der Waals surface area contributed by atoms with Crippen LogP contribution in [0.3, 0.4) is 0 Å². The van der Waals surface area contributed by atoms with Gasteiger partial charge in [0.1, 0.15) is 18.2 Å². The zero-order valence-corrected chi connectivity index (χ0v) is 17.8. The normalized spacial score (nSPS) is 17.1. The summed E-state index contributed by atoms with van der Waals surface area (Å²) in [6, 6.07) is 7.33. The summed E-state index contributed by atoms with van der Waals surface area (Å²) in [6.07, 6.45) is 1.48. The standard InChI is InChI=1S/C20H22ClFN2O4S/c1-11-6-16(17(22)9-18(11)24-29(3,26)27)12(2)23-20(25)14-7-13-8-15(21)4-5-19(13)28-10-14/h4-6,8-9,12,14,24H,7,10H2,1-3H3,(H,23,25). The van der Waals surface area contributed by atoms with E-state index in [1.54, 1.807) is 32.0 Å². The number of fused-ring (bicyclic) bond motifs is 1. The number of hydrogen-bond donors (Lipinski definition) is 2. The average Bonchev–Trinajstić information content (AvgIpc) is 2.62. The third kappa shape index (κ3) is 5.19. The summed E-state index contributed by atoms with van der Waals surface area (Å²) in [4.78, 5) is 12.7. The smallest absolute Gasteiger partial charge is 0.229 e. The molecule has 0 saturated carbocycles. The highest BCUT2D eigenvalue weighted by Crippen LogP contribution is 2.31. The van der Waals surface area contributed by atoms with Gasteiger partial charge in [-0.2, -0.15) is 0 Å². The van der Waals surface area contributed by atoms with Crippen LogP contribution < -0.4 is 14.8 Å². The fourth-order valence-electron chi connectivity index (χ4n) is 3.29. The summed E-state index contributed by atoms with van der Waals surface area (Å²) in [5, 5.41) is 3.39. The van der Waals surface area contributed by atoms with Crippen LogP contribution in [0, 0.1) is 18.7 Å². The maximum Gasteiger partial charge on any atom is 0.229 e. The van der Waals surface area contributed by atoms with Crippen molar-refractivity contribution in [3.8, 4) is 5.75 Å². The number of anilines is 1. The van der Waals surface area contributed by atoms with E-state index < -0.39 is 27.8 Å². The van der Waals surface area contributed by atoms with Crippen molar-refractivity contribution in [3.63, 3.8) is 0 Å². The zero-order chi connectivity index (χ0) is 21.3. The van der Waals surface area contributed by atoms with Gasteiger partial charge >= 0.3 is 0 Å². The summed E-state index contributed by atoms with van der Waals surface area (Å²) < 4.78 is 45.3. The zero-order valence-electron chi connectivity index (χ0n) is 16.3. The lowest BCUT2D eigenvalue weighted by atomic mass is 9.95. The molecule has 29 heavy (non-hydrogen) atoms. The average molecular weight is 441 g/mol. The Labute approximate surface area is 174 Å². The van der Waals surface area contributed by atoms with Crippen molar-refractivity contribution >= 4 is 33.2 Å². The van der Waals surface area contributed by atoms with Crippen molar-refractivity contribution < 1.29 is 22.3 Å². The molecule has 3 rings (SSSR count). The minimum Gasteiger partial charge on any atom is -0.492 e. The molecular formula is C20H22ClFN2O4S. The first-order chi connectivity index (χ1) is 13.5. The molecule has 0 fully saturated rings. The first-order valence-corrected chi connectivity index (χ1v) is 11.3. The van der Waals surface area contributed by atoms with Crippen molar-refractivity contribution in [1.82, 2.24) is 5.32 Å². The molecule has 0 aromatic heterocycles. The highest BCUT2D eigenvalue weighted by atomic mass is 35.5. The van der Waals surface area contributed by atoms with Gasteiger partial charge in [0.15, 0.2) is 0 Å². The fraction of sp³-hybridized carbons (Fsp3) is 0.350. The second-order valence-corrected chi connectivity index (χ2v) is 9.44. The van der Waals surface area contributed by atoms with Crippen LogP contribution in [-0.2, 0) is 21.2 Å². The largest absolute Gasteiger partial charge is 0.492 e. The molecule has 156 valence electrons. The van der Waals surface area contributed by atoms with E-state index in [-0.39, 0.29) is 23.8 Å². The molecule has 0 radical (unpaired) electrons. The molecule has 2 aromatic carbocycles. The molecule has 0 bridgehead atoms. The molecule has 2 unspecified atom stereocenters. The highest BCUT2D eigenvalue weighted by molar-refractivity contribution is 7.92. The predicted octanol–water partition coefficient (Wildman–Crippen LogP) is 3.59. The van der Waals surface area contributed by atoms with E-state index in [4.69, 9.17) is 16.3 Å². The van der Waals surface area contributed by atoms with Crippen LogP contribution in [0.4, 0.5) is 10.1 Å². The lowest BCUT2D eigenvalue weighted by Crippen LogP contribution is -2.38. The lowest BCUT2D eigenvalue weighted by Gasteiger charge is -2.26. The van der Waals surface area contributed by atoms with Crippen molar-refractivity contribution in [1.29, 1.82) is 0 Å². The Morgan fingerprint density at radius 2 is 2.03 bits per heavy atom.